The van der Waals surface area contributed by atoms with E-state index < -0.39 is 5.97 Å². The largest absolute Gasteiger partial charge is 0.464 e. The number of rotatable bonds is 5. The van der Waals surface area contributed by atoms with Gasteiger partial charge in [-0.25, -0.2) is 4.79 Å². The van der Waals surface area contributed by atoms with Crippen LogP contribution < -0.4 is 0 Å². The molecule has 4 aromatic rings. The Morgan fingerprint density at radius 3 is 1.79 bits per heavy atom. The minimum Gasteiger partial charge on any atom is -0.464 e. The second kappa shape index (κ2) is 8.38. The summed E-state index contributed by atoms with van der Waals surface area (Å²) in [6, 6.07) is 29.7. The number of nitrogens with zero attached hydrogens (tertiary/aromatic N) is 1. The molecule has 4 rings (SSSR count). The Morgan fingerprint density at radius 1 is 0.793 bits per heavy atom. The van der Waals surface area contributed by atoms with Gasteiger partial charge in [0.1, 0.15) is 10.8 Å². The highest BCUT2D eigenvalue weighted by Crippen LogP contribution is 2.43. The topological polar surface area (TPSA) is 31.2 Å². The van der Waals surface area contributed by atoms with Crippen LogP contribution in [0.4, 0.5) is 0 Å². The summed E-state index contributed by atoms with van der Waals surface area (Å²) in [6.45, 7) is 0.469. The third-order valence-corrected chi connectivity index (χ3v) is 5.28. The molecule has 3 aromatic carbocycles. The van der Waals surface area contributed by atoms with Gasteiger partial charge < -0.3 is 9.30 Å². The molecular formula is C25H20ClNO2. The summed E-state index contributed by atoms with van der Waals surface area (Å²) in [5, 5.41) is 0.513. The number of esters is 1. The lowest BCUT2D eigenvalue weighted by Gasteiger charge is -2.11. The van der Waals surface area contributed by atoms with Crippen molar-refractivity contribution in [3.63, 3.8) is 0 Å². The van der Waals surface area contributed by atoms with E-state index in [2.05, 4.69) is 0 Å². The summed E-state index contributed by atoms with van der Waals surface area (Å²) in [4.78, 5) is 12.9. The molecular weight excluding hydrogens is 382 g/mol. The smallest absolute Gasteiger partial charge is 0.355 e. The number of aromatic nitrogens is 1. The molecule has 0 aliphatic carbocycles. The molecule has 144 valence electrons. The van der Waals surface area contributed by atoms with Crippen molar-refractivity contribution in [2.45, 2.75) is 6.54 Å². The molecule has 0 fully saturated rings. The molecule has 0 unspecified atom stereocenters. The van der Waals surface area contributed by atoms with Crippen LogP contribution in [-0.4, -0.2) is 17.6 Å². The Hall–Kier alpha value is -3.30. The maximum atomic E-state index is 12.9. The molecule has 3 nitrogen and oxygen atoms in total. The predicted octanol–water partition coefficient (Wildman–Crippen LogP) is 6.31. The third kappa shape index (κ3) is 3.69. The van der Waals surface area contributed by atoms with Gasteiger partial charge in [-0.15, -0.1) is 0 Å². The molecule has 1 aromatic heterocycles. The molecule has 29 heavy (non-hydrogen) atoms. The highest BCUT2D eigenvalue weighted by Gasteiger charge is 2.28. The van der Waals surface area contributed by atoms with Crippen molar-refractivity contribution in [1.82, 2.24) is 4.57 Å². The summed E-state index contributed by atoms with van der Waals surface area (Å²) < 4.78 is 7.00. The van der Waals surface area contributed by atoms with Gasteiger partial charge in [-0.3, -0.25) is 0 Å². The zero-order chi connectivity index (χ0) is 20.2. The summed E-state index contributed by atoms with van der Waals surface area (Å²) in [7, 11) is 1.40. The maximum Gasteiger partial charge on any atom is 0.355 e. The Kier molecular flexibility index (Phi) is 5.50. The molecule has 1 heterocycles. The average molecular weight is 402 g/mol. The van der Waals surface area contributed by atoms with E-state index in [4.69, 9.17) is 16.3 Å². The molecule has 4 heteroatoms. The van der Waals surface area contributed by atoms with Crippen molar-refractivity contribution in [2.24, 2.45) is 0 Å². The van der Waals surface area contributed by atoms with Crippen LogP contribution in [0.3, 0.4) is 0 Å². The van der Waals surface area contributed by atoms with E-state index in [0.29, 0.717) is 17.4 Å². The zero-order valence-corrected chi connectivity index (χ0v) is 16.8. The standard InChI is InChI=1S/C25H20ClNO2/c1-29-25(28)23-21(19-13-7-3-8-14-19)22(20-15-9-4-10-16-20)24(26)27(23)17-18-11-5-2-6-12-18/h2-16H,17H2,1H3. The van der Waals surface area contributed by atoms with Gasteiger partial charge in [0.15, 0.2) is 0 Å². The van der Waals surface area contributed by atoms with Crippen LogP contribution in [-0.2, 0) is 11.3 Å². The first-order valence-corrected chi connectivity index (χ1v) is 9.73. The monoisotopic (exact) mass is 401 g/mol. The van der Waals surface area contributed by atoms with Gasteiger partial charge in [-0.2, -0.15) is 0 Å². The fourth-order valence-electron chi connectivity index (χ4n) is 3.57. The van der Waals surface area contributed by atoms with Gasteiger partial charge in [-0.05, 0) is 16.7 Å². The first kappa shape index (κ1) is 19.0. The number of hydrogen-bond acceptors (Lipinski definition) is 2. The van der Waals surface area contributed by atoms with Crippen LogP contribution in [0.2, 0.25) is 5.15 Å². The van der Waals surface area contributed by atoms with E-state index in [1.807, 2.05) is 95.6 Å². The molecule has 0 amide bonds. The summed E-state index contributed by atoms with van der Waals surface area (Å²) in [5.74, 6) is -0.413. The first-order chi connectivity index (χ1) is 14.2. The van der Waals surface area contributed by atoms with E-state index in [-0.39, 0.29) is 0 Å². The number of benzene rings is 3. The lowest BCUT2D eigenvalue weighted by Crippen LogP contribution is -2.12. The van der Waals surface area contributed by atoms with E-state index in [1.165, 1.54) is 7.11 Å². The maximum absolute atomic E-state index is 12.9. The van der Waals surface area contributed by atoms with Crippen molar-refractivity contribution in [3.05, 3.63) is 107 Å². The molecule has 0 saturated carbocycles. The normalized spacial score (nSPS) is 10.7. The summed E-state index contributed by atoms with van der Waals surface area (Å²) in [6.07, 6.45) is 0. The summed E-state index contributed by atoms with van der Waals surface area (Å²) >= 11 is 6.93. The highest BCUT2D eigenvalue weighted by atomic mass is 35.5. The van der Waals surface area contributed by atoms with Crippen molar-refractivity contribution in [3.8, 4) is 22.3 Å². The van der Waals surface area contributed by atoms with Crippen molar-refractivity contribution < 1.29 is 9.53 Å². The number of carbonyl (C=O) groups excluding carboxylic acids is 1. The second-order valence-corrected chi connectivity index (χ2v) is 7.04. The Balaban J connectivity index is 2.03. The van der Waals surface area contributed by atoms with Crippen molar-refractivity contribution in [1.29, 1.82) is 0 Å². The fraction of sp³-hybridized carbons (Fsp3) is 0.0800. The van der Waals surface area contributed by atoms with Crippen molar-refractivity contribution >= 4 is 17.6 Å². The number of hydrogen-bond donors (Lipinski definition) is 0. The minimum absolute atomic E-state index is 0.413. The molecule has 0 N–H and O–H groups in total. The van der Waals surface area contributed by atoms with Crippen LogP contribution in [0, 0.1) is 0 Å². The van der Waals surface area contributed by atoms with Gasteiger partial charge in [-0.1, -0.05) is 103 Å². The number of carbonyl (C=O) groups is 1. The minimum atomic E-state index is -0.413. The summed E-state index contributed by atoms with van der Waals surface area (Å²) in [5.41, 5.74) is 4.98. The van der Waals surface area contributed by atoms with Crippen molar-refractivity contribution in [2.75, 3.05) is 7.11 Å². The predicted molar refractivity (Wildman–Crippen MR) is 117 cm³/mol. The molecule has 0 aliphatic rings. The van der Waals surface area contributed by atoms with Gasteiger partial charge in [0, 0.05) is 17.7 Å². The average Bonchev–Trinajstić information content (AvgIpc) is 3.07. The Morgan fingerprint density at radius 2 is 1.28 bits per heavy atom. The third-order valence-electron chi connectivity index (χ3n) is 4.89. The van der Waals surface area contributed by atoms with E-state index in [9.17, 15) is 4.79 Å². The van der Waals surface area contributed by atoms with Crippen LogP contribution in [0.1, 0.15) is 16.1 Å². The fourth-order valence-corrected chi connectivity index (χ4v) is 3.92. The van der Waals surface area contributed by atoms with Crippen LogP contribution in [0.25, 0.3) is 22.3 Å². The first-order valence-electron chi connectivity index (χ1n) is 9.35. The highest BCUT2D eigenvalue weighted by molar-refractivity contribution is 6.34. The Bertz CT molecular complexity index is 1120. The number of halogens is 1. The number of methoxy groups -OCH3 is 1. The van der Waals surface area contributed by atoms with E-state index >= 15 is 0 Å². The van der Waals surface area contributed by atoms with Gasteiger partial charge in [0.05, 0.1) is 7.11 Å². The SMILES string of the molecule is COC(=O)c1c(-c2ccccc2)c(-c2ccccc2)c(Cl)n1Cc1ccccc1. The lowest BCUT2D eigenvalue weighted by atomic mass is 9.96. The second-order valence-electron chi connectivity index (χ2n) is 6.68. The lowest BCUT2D eigenvalue weighted by molar-refractivity contribution is 0.0590. The molecule has 0 bridgehead atoms. The molecule has 0 spiro atoms. The molecule has 0 saturated heterocycles. The van der Waals surface area contributed by atoms with Crippen LogP contribution in [0.5, 0.6) is 0 Å². The molecule has 0 radical (unpaired) electrons. The molecule has 0 aliphatic heterocycles. The van der Waals surface area contributed by atoms with Gasteiger partial charge in [0.2, 0.25) is 0 Å². The molecule has 0 atom stereocenters. The van der Waals surface area contributed by atoms with Crippen LogP contribution in [0.15, 0.2) is 91.0 Å². The van der Waals surface area contributed by atoms with Gasteiger partial charge in [0.25, 0.3) is 0 Å². The quantitative estimate of drug-likeness (QED) is 0.367. The Labute approximate surface area is 175 Å². The van der Waals surface area contributed by atoms with Gasteiger partial charge >= 0.3 is 5.97 Å². The van der Waals surface area contributed by atoms with Crippen LogP contribution >= 0.6 is 11.6 Å². The van der Waals surface area contributed by atoms with E-state index in [1.54, 1.807) is 0 Å². The number of ether oxygens (including phenoxy) is 1. The van der Waals surface area contributed by atoms with E-state index in [0.717, 1.165) is 27.8 Å². The zero-order valence-electron chi connectivity index (χ0n) is 16.0.